The van der Waals surface area contributed by atoms with Crippen molar-refractivity contribution in [1.82, 2.24) is 42.5 Å². The second-order valence-corrected chi connectivity index (χ2v) is 16.6. The van der Waals surface area contributed by atoms with Gasteiger partial charge in [-0.25, -0.2) is 0 Å². The van der Waals surface area contributed by atoms with Crippen molar-refractivity contribution in [1.29, 1.82) is 0 Å². The molecule has 45 heavy (non-hydrogen) atoms. The van der Waals surface area contributed by atoms with Gasteiger partial charge in [-0.1, -0.05) is 44.9 Å². The van der Waals surface area contributed by atoms with Crippen LogP contribution in [0.15, 0.2) is 0 Å². The van der Waals surface area contributed by atoms with E-state index in [9.17, 15) is 8.42 Å². The van der Waals surface area contributed by atoms with Crippen molar-refractivity contribution in [3.8, 4) is 0 Å². The molecule has 0 spiro atoms. The molecular formula is C32H55N8NiO3S-. The van der Waals surface area contributed by atoms with E-state index in [0.29, 0.717) is 59.9 Å². The molecule has 8 bridgehead atoms. The average molecular weight is 691 g/mol. The second-order valence-electron chi connectivity index (χ2n) is 16.0. The van der Waals surface area contributed by atoms with Crippen molar-refractivity contribution < 1.29 is 29.1 Å². The van der Waals surface area contributed by atoms with Crippen LogP contribution in [0, 0.1) is 47.3 Å². The maximum atomic E-state index is 11.8. The van der Waals surface area contributed by atoms with Crippen molar-refractivity contribution in [2.24, 2.45) is 47.3 Å². The topological polar surface area (TPSA) is 140 Å². The SMILES string of the molecule is O=[S-](=O)OC1CCCC2C3NC4NC(NC5NC(NC6NC(NC(N3)C12)C1CCCCC61)C1CCCCC51)C1CCCCC41.[Ni]. The van der Waals surface area contributed by atoms with Crippen molar-refractivity contribution in [2.75, 3.05) is 0 Å². The van der Waals surface area contributed by atoms with E-state index in [2.05, 4.69) is 42.5 Å². The number of rotatable bonds is 2. The van der Waals surface area contributed by atoms with E-state index < -0.39 is 11.0 Å². The van der Waals surface area contributed by atoms with Gasteiger partial charge < -0.3 is 12.6 Å². The molecule has 258 valence electrons. The molecule has 9 fully saturated rings. The molecule has 4 aliphatic carbocycles. The Labute approximate surface area is 280 Å². The quantitative estimate of drug-likeness (QED) is 0.159. The Morgan fingerprint density at radius 1 is 0.378 bits per heavy atom. The summed E-state index contributed by atoms with van der Waals surface area (Å²) in [4.78, 5) is 0. The monoisotopic (exact) mass is 689 g/mol. The minimum Gasteiger partial charge on any atom is -0.421 e. The van der Waals surface area contributed by atoms with Crippen molar-refractivity contribution in [3.63, 3.8) is 0 Å². The first-order valence-electron chi connectivity index (χ1n) is 18.5. The number of fused-ring (bicyclic) bond motifs is 20. The van der Waals surface area contributed by atoms with E-state index in [1.165, 1.54) is 77.0 Å². The Morgan fingerprint density at radius 3 is 1.00 bits per heavy atom. The van der Waals surface area contributed by atoms with E-state index in [-0.39, 0.29) is 59.3 Å². The van der Waals surface area contributed by atoms with Crippen LogP contribution in [-0.2, 0) is 40.1 Å². The molecule has 5 saturated heterocycles. The molecule has 0 radical (unpaired) electrons. The van der Waals surface area contributed by atoms with Crippen molar-refractivity contribution in [2.45, 2.75) is 152 Å². The summed E-state index contributed by atoms with van der Waals surface area (Å²) in [5.74, 6) is 4.16. The third kappa shape index (κ3) is 5.89. The first-order chi connectivity index (χ1) is 21.6. The van der Waals surface area contributed by atoms with Crippen LogP contribution in [0.4, 0.5) is 0 Å². The zero-order valence-electron chi connectivity index (χ0n) is 26.4. The third-order valence-electron chi connectivity index (χ3n) is 14.0. The molecule has 0 amide bonds. The van der Waals surface area contributed by atoms with E-state index >= 15 is 0 Å². The molecular weight excluding hydrogens is 635 g/mol. The average Bonchev–Trinajstić information content (AvgIpc) is 3.77. The van der Waals surface area contributed by atoms with Crippen LogP contribution >= 0.6 is 0 Å². The van der Waals surface area contributed by atoms with Gasteiger partial charge in [0.05, 0.1) is 60.3 Å². The fourth-order valence-electron chi connectivity index (χ4n) is 12.2. The summed E-state index contributed by atoms with van der Waals surface area (Å²) in [6.07, 6.45) is 20.0. The second kappa shape index (κ2) is 13.4. The standard InChI is InChI=1S/C32H55N8O3S.Ni/c41-44(42)43-23-15-7-14-22-24(23)32-39-30-21-13-6-5-12-20(21)28(37-30)35-26-17-9-2-1-8-16(17)25(33-26)34-27-18-10-3-4-11-19(18)29(36-27)38-31(22)40-32;/h16-40H,1-15H2;/q-1;. The van der Waals surface area contributed by atoms with Gasteiger partial charge in [-0.15, -0.1) is 0 Å². The van der Waals surface area contributed by atoms with Gasteiger partial charge in [0.2, 0.25) is 0 Å². The smallest absolute Gasteiger partial charge is 0.0653 e. The van der Waals surface area contributed by atoms with Gasteiger partial charge in [0.15, 0.2) is 0 Å². The van der Waals surface area contributed by atoms with Gasteiger partial charge in [-0.3, -0.25) is 42.5 Å². The van der Waals surface area contributed by atoms with Crippen LogP contribution in [-0.4, -0.2) is 55.4 Å². The van der Waals surface area contributed by atoms with Crippen LogP contribution in [0.1, 0.15) is 96.3 Å². The maximum absolute atomic E-state index is 11.8. The molecule has 0 aromatic carbocycles. The van der Waals surface area contributed by atoms with Gasteiger partial charge in [0.25, 0.3) is 0 Å². The van der Waals surface area contributed by atoms with Gasteiger partial charge >= 0.3 is 0 Å². The number of nitrogens with one attached hydrogen (secondary N) is 8. The van der Waals surface area contributed by atoms with E-state index in [0.717, 1.165) is 19.3 Å². The number of hydrogen-bond acceptors (Lipinski definition) is 12. The molecule has 8 N–H and O–H groups in total. The molecule has 0 aromatic rings. The van der Waals surface area contributed by atoms with Crippen LogP contribution in [0.2, 0.25) is 0 Å². The van der Waals surface area contributed by atoms with Crippen LogP contribution in [0.3, 0.4) is 0 Å². The zero-order chi connectivity index (χ0) is 29.4. The minimum absolute atomic E-state index is 0. The number of hydrogen-bond donors (Lipinski definition) is 8. The third-order valence-corrected chi connectivity index (χ3v) is 14.4. The molecule has 17 atom stereocenters. The van der Waals surface area contributed by atoms with Gasteiger partial charge in [0, 0.05) is 28.5 Å². The Bertz CT molecular complexity index is 1130. The summed E-state index contributed by atoms with van der Waals surface area (Å²) in [6, 6.07) is 0. The maximum Gasteiger partial charge on any atom is 0.0653 e. The molecule has 11 nitrogen and oxygen atoms in total. The minimum atomic E-state index is -2.51. The fraction of sp³-hybridized carbons (Fsp3) is 1.00. The van der Waals surface area contributed by atoms with E-state index in [4.69, 9.17) is 4.18 Å². The normalized spacial score (nSPS) is 54.0. The Hall–Kier alpha value is 0.0835. The molecule has 5 aliphatic heterocycles. The predicted octanol–water partition coefficient (Wildman–Crippen LogP) is 1.82. The van der Waals surface area contributed by atoms with E-state index in [1.54, 1.807) is 0 Å². The van der Waals surface area contributed by atoms with Crippen molar-refractivity contribution in [3.05, 3.63) is 0 Å². The molecule has 5 heterocycles. The molecule has 13 heteroatoms. The largest absolute Gasteiger partial charge is 0.421 e. The summed E-state index contributed by atoms with van der Waals surface area (Å²) < 4.78 is 29.3. The Morgan fingerprint density at radius 2 is 0.667 bits per heavy atom. The van der Waals surface area contributed by atoms with Crippen LogP contribution < -0.4 is 42.5 Å². The van der Waals surface area contributed by atoms with Crippen LogP contribution in [0.5, 0.6) is 0 Å². The Kier molecular flexibility index (Phi) is 9.63. The summed E-state index contributed by atoms with van der Waals surface area (Å²) in [7, 11) is -2.51. The summed E-state index contributed by atoms with van der Waals surface area (Å²) in [5.41, 5.74) is 0. The Balaban J connectivity index is 0.00000300. The van der Waals surface area contributed by atoms with E-state index in [1.807, 2.05) is 0 Å². The van der Waals surface area contributed by atoms with Gasteiger partial charge in [-0.2, -0.15) is 0 Å². The summed E-state index contributed by atoms with van der Waals surface area (Å²) >= 11 is 0. The predicted molar refractivity (Wildman–Crippen MR) is 166 cm³/mol. The fourth-order valence-corrected chi connectivity index (χ4v) is 12.6. The molecule has 9 aliphatic rings. The van der Waals surface area contributed by atoms with Gasteiger partial charge in [0.1, 0.15) is 0 Å². The van der Waals surface area contributed by atoms with Crippen molar-refractivity contribution >= 4 is 11.0 Å². The van der Waals surface area contributed by atoms with Crippen LogP contribution in [0.25, 0.3) is 0 Å². The first-order valence-corrected chi connectivity index (χ1v) is 19.5. The molecule has 17 unspecified atom stereocenters. The molecule has 9 rings (SSSR count). The molecule has 0 aromatic heterocycles. The summed E-state index contributed by atoms with van der Waals surface area (Å²) in [6.45, 7) is 0. The zero-order valence-corrected chi connectivity index (χ0v) is 28.2. The molecule has 4 saturated carbocycles. The first kappa shape index (κ1) is 32.3. The van der Waals surface area contributed by atoms with Gasteiger partial charge in [-0.05, 0) is 92.8 Å². The summed E-state index contributed by atoms with van der Waals surface area (Å²) in [5, 5.41) is 32.9.